The van der Waals surface area contributed by atoms with Crippen molar-refractivity contribution in [3.05, 3.63) is 28.8 Å². The van der Waals surface area contributed by atoms with Crippen molar-refractivity contribution in [2.75, 3.05) is 13.1 Å². The highest BCUT2D eigenvalue weighted by Crippen LogP contribution is 2.23. The van der Waals surface area contributed by atoms with E-state index in [4.69, 9.17) is 0 Å². The van der Waals surface area contributed by atoms with E-state index in [0.717, 1.165) is 30.2 Å². The molecule has 3 rings (SSSR count). The lowest BCUT2D eigenvalue weighted by atomic mass is 10.2. The zero-order chi connectivity index (χ0) is 11.0. The number of hydrazine groups is 1. The number of hydrogen-bond acceptors (Lipinski definition) is 4. The first-order valence-corrected chi connectivity index (χ1v) is 6.47. The van der Waals surface area contributed by atoms with Crippen molar-refractivity contribution in [2.24, 2.45) is 0 Å². The monoisotopic (exact) mass is 233 g/mol. The number of nitrogens with zero attached hydrogens (tertiary/aromatic N) is 2. The second kappa shape index (κ2) is 4.13. The highest BCUT2D eigenvalue weighted by Gasteiger charge is 2.11. The summed E-state index contributed by atoms with van der Waals surface area (Å²) in [4.78, 5) is 4.48. The maximum absolute atomic E-state index is 4.48. The van der Waals surface area contributed by atoms with Gasteiger partial charge in [0.2, 0.25) is 0 Å². The van der Waals surface area contributed by atoms with Gasteiger partial charge in [0.25, 0.3) is 0 Å². The van der Waals surface area contributed by atoms with Gasteiger partial charge >= 0.3 is 0 Å². The van der Waals surface area contributed by atoms with E-state index in [2.05, 4.69) is 40.5 Å². The smallest absolute Gasteiger partial charge is 0.0907 e. The summed E-state index contributed by atoms with van der Waals surface area (Å²) in [5, 5.41) is 3.43. The second-order valence-corrected chi connectivity index (χ2v) is 5.45. The van der Waals surface area contributed by atoms with Crippen molar-refractivity contribution in [3.63, 3.8) is 0 Å². The molecule has 2 heterocycles. The lowest BCUT2D eigenvalue weighted by Gasteiger charge is -2.14. The zero-order valence-electron chi connectivity index (χ0n) is 9.36. The number of aryl methyl sites for hydroxylation is 1. The van der Waals surface area contributed by atoms with E-state index in [-0.39, 0.29) is 0 Å². The average Bonchev–Trinajstić information content (AvgIpc) is 2.85. The maximum atomic E-state index is 4.48. The number of thiazole rings is 1. The molecule has 0 unspecified atom stereocenters. The van der Waals surface area contributed by atoms with Crippen LogP contribution in [0, 0.1) is 6.92 Å². The predicted molar refractivity (Wildman–Crippen MR) is 67.4 cm³/mol. The van der Waals surface area contributed by atoms with Gasteiger partial charge in [0, 0.05) is 19.6 Å². The second-order valence-electron chi connectivity index (χ2n) is 4.22. The van der Waals surface area contributed by atoms with Gasteiger partial charge in [-0.2, -0.15) is 0 Å². The number of fused-ring (bicyclic) bond motifs is 1. The van der Waals surface area contributed by atoms with Crippen molar-refractivity contribution < 1.29 is 0 Å². The minimum Gasteiger partial charge on any atom is -0.255 e. The summed E-state index contributed by atoms with van der Waals surface area (Å²) in [5.74, 6) is 0. The lowest BCUT2D eigenvalue weighted by Crippen LogP contribution is -2.29. The predicted octanol–water partition coefficient (Wildman–Crippen LogP) is 2.32. The van der Waals surface area contributed by atoms with Crippen LogP contribution in [0.25, 0.3) is 10.2 Å². The average molecular weight is 233 g/mol. The summed E-state index contributed by atoms with van der Waals surface area (Å²) >= 11 is 1.77. The number of benzene rings is 1. The van der Waals surface area contributed by atoms with E-state index >= 15 is 0 Å². The maximum Gasteiger partial charge on any atom is 0.0907 e. The van der Waals surface area contributed by atoms with Crippen LogP contribution in [0.1, 0.15) is 17.0 Å². The number of aromatic nitrogens is 1. The van der Waals surface area contributed by atoms with Crippen molar-refractivity contribution >= 4 is 21.6 Å². The first-order chi connectivity index (χ1) is 7.81. The van der Waals surface area contributed by atoms with Crippen LogP contribution in [0.5, 0.6) is 0 Å². The fraction of sp³-hybridized carbons (Fsp3) is 0.417. The van der Waals surface area contributed by atoms with Crippen LogP contribution in [0.3, 0.4) is 0 Å². The fourth-order valence-corrected chi connectivity index (χ4v) is 3.01. The van der Waals surface area contributed by atoms with E-state index in [9.17, 15) is 0 Å². The first kappa shape index (κ1) is 10.2. The Kier molecular flexibility index (Phi) is 2.63. The van der Waals surface area contributed by atoms with Crippen molar-refractivity contribution in [1.29, 1.82) is 0 Å². The van der Waals surface area contributed by atoms with Gasteiger partial charge in [0.1, 0.15) is 0 Å². The molecule has 0 aliphatic carbocycles. The number of rotatable bonds is 2. The molecule has 1 aliphatic rings. The van der Waals surface area contributed by atoms with Gasteiger partial charge in [0.05, 0.1) is 15.2 Å². The van der Waals surface area contributed by atoms with Crippen molar-refractivity contribution in [3.8, 4) is 0 Å². The third-order valence-corrected chi connectivity index (χ3v) is 3.81. The van der Waals surface area contributed by atoms with E-state index in [1.54, 1.807) is 11.3 Å². The van der Waals surface area contributed by atoms with Crippen LogP contribution >= 0.6 is 11.3 Å². The molecule has 3 nitrogen and oxygen atoms in total. The highest BCUT2D eigenvalue weighted by molar-refractivity contribution is 7.18. The third kappa shape index (κ3) is 1.96. The van der Waals surface area contributed by atoms with Gasteiger partial charge < -0.3 is 0 Å². The molecule has 1 aromatic carbocycles. The molecule has 0 radical (unpaired) electrons. The minimum absolute atomic E-state index is 0.993. The molecular weight excluding hydrogens is 218 g/mol. The SMILES string of the molecule is Cc1nc2ccc(CN3CCCN3)cc2s1. The Bertz CT molecular complexity index is 500. The summed E-state index contributed by atoms with van der Waals surface area (Å²) in [6.45, 7) is 5.32. The molecule has 0 atom stereocenters. The van der Waals surface area contributed by atoms with E-state index in [1.165, 1.54) is 16.7 Å². The standard InChI is InChI=1S/C12H15N3S/c1-9-14-11-4-3-10(7-12(11)16-9)8-15-6-2-5-13-15/h3-4,7,13H,2,5-6,8H2,1H3. The van der Waals surface area contributed by atoms with Gasteiger partial charge in [-0.25, -0.2) is 9.99 Å². The van der Waals surface area contributed by atoms with Crippen molar-refractivity contribution in [1.82, 2.24) is 15.4 Å². The van der Waals surface area contributed by atoms with E-state index in [0.29, 0.717) is 0 Å². The topological polar surface area (TPSA) is 28.2 Å². The molecule has 0 amide bonds. The van der Waals surface area contributed by atoms with Crippen LogP contribution in [0.2, 0.25) is 0 Å². The van der Waals surface area contributed by atoms with Crippen LogP contribution in [0.4, 0.5) is 0 Å². The molecule has 0 saturated carbocycles. The van der Waals surface area contributed by atoms with Crippen LogP contribution < -0.4 is 5.43 Å². The summed E-state index contributed by atoms with van der Waals surface area (Å²) < 4.78 is 1.30. The molecule has 1 saturated heterocycles. The van der Waals surface area contributed by atoms with Crippen LogP contribution in [-0.2, 0) is 6.54 Å². The minimum atomic E-state index is 0.993. The summed E-state index contributed by atoms with van der Waals surface area (Å²) in [6, 6.07) is 6.58. The van der Waals surface area contributed by atoms with E-state index in [1.807, 2.05) is 0 Å². The Labute approximate surface area is 99.1 Å². The van der Waals surface area contributed by atoms with Gasteiger partial charge in [-0.1, -0.05) is 6.07 Å². The molecule has 1 N–H and O–H groups in total. The fourth-order valence-electron chi connectivity index (χ4n) is 2.12. The molecule has 1 aliphatic heterocycles. The molecule has 4 heteroatoms. The van der Waals surface area contributed by atoms with Gasteiger partial charge in [-0.3, -0.25) is 5.43 Å². The van der Waals surface area contributed by atoms with Gasteiger partial charge in [-0.05, 0) is 31.0 Å². The number of hydrogen-bond donors (Lipinski definition) is 1. The van der Waals surface area contributed by atoms with Crippen LogP contribution in [0.15, 0.2) is 18.2 Å². The zero-order valence-corrected chi connectivity index (χ0v) is 10.2. The van der Waals surface area contributed by atoms with E-state index < -0.39 is 0 Å². The Morgan fingerprint density at radius 2 is 2.44 bits per heavy atom. The Hall–Kier alpha value is -0.970. The molecule has 2 aromatic rings. The Morgan fingerprint density at radius 3 is 3.25 bits per heavy atom. The Morgan fingerprint density at radius 1 is 1.50 bits per heavy atom. The summed E-state index contributed by atoms with van der Waals surface area (Å²) in [5.41, 5.74) is 5.87. The normalized spacial score (nSPS) is 17.3. The number of nitrogens with one attached hydrogen (secondary N) is 1. The molecular formula is C12H15N3S. The summed E-state index contributed by atoms with van der Waals surface area (Å²) in [6.07, 6.45) is 1.25. The lowest BCUT2D eigenvalue weighted by molar-refractivity contribution is 0.244. The first-order valence-electron chi connectivity index (χ1n) is 5.66. The molecule has 16 heavy (non-hydrogen) atoms. The van der Waals surface area contributed by atoms with Crippen LogP contribution in [-0.4, -0.2) is 23.1 Å². The summed E-state index contributed by atoms with van der Waals surface area (Å²) in [7, 11) is 0. The molecule has 0 bridgehead atoms. The van der Waals surface area contributed by atoms with Crippen molar-refractivity contribution in [2.45, 2.75) is 19.9 Å². The highest BCUT2D eigenvalue weighted by atomic mass is 32.1. The molecule has 84 valence electrons. The third-order valence-electron chi connectivity index (χ3n) is 2.87. The molecule has 0 spiro atoms. The van der Waals surface area contributed by atoms with Gasteiger partial charge in [-0.15, -0.1) is 11.3 Å². The quantitative estimate of drug-likeness (QED) is 0.863. The molecule has 1 fully saturated rings. The molecule has 1 aromatic heterocycles. The Balaban J connectivity index is 1.86. The largest absolute Gasteiger partial charge is 0.255 e. The van der Waals surface area contributed by atoms with Gasteiger partial charge in [0.15, 0.2) is 0 Å².